The Hall–Kier alpha value is -1.61. The molecule has 0 saturated carbocycles. The fourth-order valence-corrected chi connectivity index (χ4v) is 2.80. The topological polar surface area (TPSA) is 65.7 Å². The SMILES string of the molecule is CCN(CC)Cc1cccc(CNC(=NC)NCc2cc(C(C)C)no2)c1.I. The number of halogens is 1. The second-order valence-corrected chi connectivity index (χ2v) is 6.93. The lowest BCUT2D eigenvalue weighted by molar-refractivity contribution is 0.296. The highest BCUT2D eigenvalue weighted by molar-refractivity contribution is 14.0. The van der Waals surface area contributed by atoms with E-state index in [1.807, 2.05) is 6.07 Å². The van der Waals surface area contributed by atoms with Crippen LogP contribution in [0.3, 0.4) is 0 Å². The van der Waals surface area contributed by atoms with Crippen molar-refractivity contribution in [2.75, 3.05) is 20.1 Å². The molecule has 1 aromatic carbocycles. The Labute approximate surface area is 186 Å². The largest absolute Gasteiger partial charge is 0.359 e. The average Bonchev–Trinajstić information content (AvgIpc) is 3.16. The molecule has 0 fully saturated rings. The van der Waals surface area contributed by atoms with Crippen LogP contribution in [0.4, 0.5) is 0 Å². The highest BCUT2D eigenvalue weighted by Gasteiger charge is 2.08. The number of aromatic nitrogens is 1. The molecule has 0 saturated heterocycles. The second-order valence-electron chi connectivity index (χ2n) is 6.93. The monoisotopic (exact) mass is 499 g/mol. The third-order valence-electron chi connectivity index (χ3n) is 4.57. The normalized spacial score (nSPS) is 11.6. The minimum atomic E-state index is 0. The number of aliphatic imine (C=N–C) groups is 1. The molecule has 1 aromatic heterocycles. The Morgan fingerprint density at radius 1 is 1.11 bits per heavy atom. The summed E-state index contributed by atoms with van der Waals surface area (Å²) < 4.78 is 5.36. The van der Waals surface area contributed by atoms with Crippen molar-refractivity contribution < 1.29 is 4.52 Å². The molecular formula is C21H34IN5O. The van der Waals surface area contributed by atoms with Crippen LogP contribution in [0.1, 0.15) is 56.2 Å². The molecule has 156 valence electrons. The number of hydrogen-bond acceptors (Lipinski definition) is 4. The van der Waals surface area contributed by atoms with E-state index in [0.29, 0.717) is 12.5 Å². The first kappa shape index (κ1) is 24.4. The van der Waals surface area contributed by atoms with E-state index in [1.165, 1.54) is 11.1 Å². The van der Waals surface area contributed by atoms with Crippen LogP contribution >= 0.6 is 24.0 Å². The number of rotatable bonds is 9. The van der Waals surface area contributed by atoms with E-state index >= 15 is 0 Å². The van der Waals surface area contributed by atoms with Gasteiger partial charge in [0.1, 0.15) is 0 Å². The van der Waals surface area contributed by atoms with Gasteiger partial charge in [-0.05, 0) is 30.1 Å². The van der Waals surface area contributed by atoms with E-state index in [4.69, 9.17) is 4.52 Å². The van der Waals surface area contributed by atoms with E-state index in [9.17, 15) is 0 Å². The van der Waals surface area contributed by atoms with Gasteiger partial charge in [-0.15, -0.1) is 24.0 Å². The van der Waals surface area contributed by atoms with Crippen molar-refractivity contribution >= 4 is 29.9 Å². The van der Waals surface area contributed by atoms with Crippen molar-refractivity contribution in [3.05, 3.63) is 52.9 Å². The molecule has 2 rings (SSSR count). The summed E-state index contributed by atoms with van der Waals surface area (Å²) in [7, 11) is 1.77. The maximum absolute atomic E-state index is 5.36. The molecule has 0 radical (unpaired) electrons. The van der Waals surface area contributed by atoms with Crippen LogP contribution in [0.5, 0.6) is 0 Å². The third-order valence-corrected chi connectivity index (χ3v) is 4.57. The predicted molar refractivity (Wildman–Crippen MR) is 126 cm³/mol. The Bertz CT molecular complexity index is 725. The van der Waals surface area contributed by atoms with Gasteiger partial charge in [-0.1, -0.05) is 57.1 Å². The molecule has 6 nitrogen and oxygen atoms in total. The lowest BCUT2D eigenvalue weighted by atomic mass is 10.1. The zero-order chi connectivity index (χ0) is 19.6. The molecule has 1 heterocycles. The summed E-state index contributed by atoms with van der Waals surface area (Å²) in [6, 6.07) is 10.7. The summed E-state index contributed by atoms with van der Waals surface area (Å²) in [6.07, 6.45) is 0. The van der Waals surface area contributed by atoms with Crippen molar-refractivity contribution in [3.63, 3.8) is 0 Å². The summed E-state index contributed by atoms with van der Waals surface area (Å²) in [4.78, 5) is 6.69. The van der Waals surface area contributed by atoms with Gasteiger partial charge in [-0.2, -0.15) is 0 Å². The van der Waals surface area contributed by atoms with Crippen LogP contribution in [0.2, 0.25) is 0 Å². The molecule has 2 aromatic rings. The molecule has 2 N–H and O–H groups in total. The van der Waals surface area contributed by atoms with Gasteiger partial charge in [0.05, 0.1) is 12.2 Å². The molecule has 0 unspecified atom stereocenters. The summed E-state index contributed by atoms with van der Waals surface area (Å²) in [5, 5.41) is 10.7. The van der Waals surface area contributed by atoms with Crippen LogP contribution < -0.4 is 10.6 Å². The number of hydrogen-bond donors (Lipinski definition) is 2. The Balaban J connectivity index is 0.00000392. The standard InChI is InChI=1S/C21H33N5O.HI/c1-6-26(7-2)15-18-10-8-9-17(11-18)13-23-21(22-5)24-14-19-12-20(16(3)4)25-27-19;/h8-12,16H,6-7,13-15H2,1-5H3,(H2,22,23,24);1H. The van der Waals surface area contributed by atoms with Gasteiger partial charge in [0, 0.05) is 26.2 Å². The van der Waals surface area contributed by atoms with Crippen molar-refractivity contribution in [2.24, 2.45) is 4.99 Å². The molecule has 0 atom stereocenters. The van der Waals surface area contributed by atoms with E-state index in [0.717, 1.165) is 43.6 Å². The Morgan fingerprint density at radius 2 is 1.79 bits per heavy atom. The van der Waals surface area contributed by atoms with Crippen LogP contribution in [-0.4, -0.2) is 36.2 Å². The van der Waals surface area contributed by atoms with Crippen molar-refractivity contribution in [3.8, 4) is 0 Å². The smallest absolute Gasteiger partial charge is 0.191 e. The fraction of sp³-hybridized carbons (Fsp3) is 0.524. The van der Waals surface area contributed by atoms with E-state index in [-0.39, 0.29) is 24.0 Å². The molecular weight excluding hydrogens is 465 g/mol. The van der Waals surface area contributed by atoms with E-state index < -0.39 is 0 Å². The number of benzene rings is 1. The molecule has 0 aliphatic carbocycles. The van der Waals surface area contributed by atoms with Gasteiger partial charge in [0.2, 0.25) is 0 Å². The summed E-state index contributed by atoms with van der Waals surface area (Å²) in [5.74, 6) is 1.91. The predicted octanol–water partition coefficient (Wildman–Crippen LogP) is 4.12. The minimum Gasteiger partial charge on any atom is -0.359 e. The quantitative estimate of drug-likeness (QED) is 0.309. The van der Waals surface area contributed by atoms with Crippen LogP contribution in [0, 0.1) is 0 Å². The summed E-state index contributed by atoms with van der Waals surface area (Å²) in [5.41, 5.74) is 3.55. The maximum atomic E-state index is 5.36. The van der Waals surface area contributed by atoms with Crippen LogP contribution in [0.15, 0.2) is 39.8 Å². The zero-order valence-electron chi connectivity index (χ0n) is 17.7. The average molecular weight is 499 g/mol. The molecule has 28 heavy (non-hydrogen) atoms. The first-order valence-electron chi connectivity index (χ1n) is 9.75. The molecule has 0 bridgehead atoms. The van der Waals surface area contributed by atoms with Crippen molar-refractivity contribution in [1.82, 2.24) is 20.7 Å². The molecule has 7 heteroatoms. The van der Waals surface area contributed by atoms with E-state index in [1.54, 1.807) is 7.05 Å². The molecule has 0 spiro atoms. The van der Waals surface area contributed by atoms with Gasteiger partial charge in [0.25, 0.3) is 0 Å². The first-order chi connectivity index (χ1) is 13.0. The minimum absolute atomic E-state index is 0. The lowest BCUT2D eigenvalue weighted by Crippen LogP contribution is -2.36. The first-order valence-corrected chi connectivity index (χ1v) is 9.75. The third kappa shape index (κ3) is 7.79. The van der Waals surface area contributed by atoms with Crippen molar-refractivity contribution in [2.45, 2.75) is 53.2 Å². The Morgan fingerprint density at radius 3 is 2.39 bits per heavy atom. The highest BCUT2D eigenvalue weighted by Crippen LogP contribution is 2.13. The van der Waals surface area contributed by atoms with Crippen LogP contribution in [-0.2, 0) is 19.6 Å². The van der Waals surface area contributed by atoms with Gasteiger partial charge in [0.15, 0.2) is 11.7 Å². The Kier molecular flexibility index (Phi) is 11.1. The van der Waals surface area contributed by atoms with Gasteiger partial charge >= 0.3 is 0 Å². The summed E-state index contributed by atoms with van der Waals surface area (Å²) >= 11 is 0. The van der Waals surface area contributed by atoms with Gasteiger partial charge in [-0.25, -0.2) is 0 Å². The summed E-state index contributed by atoms with van der Waals surface area (Å²) in [6.45, 7) is 13.0. The molecule has 0 aliphatic rings. The number of guanidine groups is 1. The number of nitrogens with one attached hydrogen (secondary N) is 2. The second kappa shape index (κ2) is 12.8. The molecule has 0 amide bonds. The van der Waals surface area contributed by atoms with E-state index in [2.05, 4.69) is 77.6 Å². The van der Waals surface area contributed by atoms with Crippen molar-refractivity contribution in [1.29, 1.82) is 0 Å². The highest BCUT2D eigenvalue weighted by atomic mass is 127. The fourth-order valence-electron chi connectivity index (χ4n) is 2.80. The van der Waals surface area contributed by atoms with Gasteiger partial charge in [-0.3, -0.25) is 9.89 Å². The zero-order valence-corrected chi connectivity index (χ0v) is 20.0. The lowest BCUT2D eigenvalue weighted by Gasteiger charge is -2.18. The van der Waals surface area contributed by atoms with Crippen LogP contribution in [0.25, 0.3) is 0 Å². The molecule has 0 aliphatic heterocycles. The number of nitrogens with zero attached hydrogens (tertiary/aromatic N) is 3. The maximum Gasteiger partial charge on any atom is 0.191 e. The van der Waals surface area contributed by atoms with Gasteiger partial charge < -0.3 is 15.2 Å².